The molecule has 0 aromatic heterocycles. The summed E-state index contributed by atoms with van der Waals surface area (Å²) >= 11 is 0. The molecule has 0 radical (unpaired) electrons. The normalized spacial score (nSPS) is 15.3. The molecule has 8 nitrogen and oxygen atoms in total. The van der Waals surface area contributed by atoms with Crippen molar-refractivity contribution in [2.45, 2.75) is 58.6 Å². The lowest BCUT2D eigenvalue weighted by Gasteiger charge is -2.27. The van der Waals surface area contributed by atoms with Crippen LogP contribution in [0.2, 0.25) is 0 Å². The monoisotopic (exact) mass is 588 g/mol. The van der Waals surface area contributed by atoms with Crippen molar-refractivity contribution in [2.24, 2.45) is 0 Å². The molecular formula is C32H46F2N4O4. The smallest absolute Gasteiger partial charge is 0.253 e. The first kappa shape index (κ1) is 33.6. The number of halogens is 2. The number of carbonyl (C=O) groups excluding carboxylic acids is 2. The zero-order chi connectivity index (χ0) is 30.5. The molecule has 2 atom stereocenters. The average molecular weight is 589 g/mol. The number of aliphatic hydroxyl groups excluding tert-OH is 1. The lowest BCUT2D eigenvalue weighted by Crippen LogP contribution is -2.49. The van der Waals surface area contributed by atoms with Crippen LogP contribution >= 0.6 is 0 Å². The van der Waals surface area contributed by atoms with Crippen LogP contribution in [-0.4, -0.2) is 97.9 Å². The van der Waals surface area contributed by atoms with Crippen LogP contribution in [0.4, 0.5) is 8.78 Å². The van der Waals surface area contributed by atoms with Gasteiger partial charge in [-0.3, -0.25) is 14.5 Å². The third-order valence-corrected chi connectivity index (χ3v) is 7.30. The number of aryl methyl sites for hydroxylation is 1. The molecule has 0 saturated carbocycles. The molecule has 3 rings (SSSR count). The molecule has 2 aromatic carbocycles. The van der Waals surface area contributed by atoms with Crippen LogP contribution in [0.15, 0.2) is 36.4 Å². The lowest BCUT2D eigenvalue weighted by molar-refractivity contribution is 0.0373. The van der Waals surface area contributed by atoms with E-state index >= 15 is 0 Å². The van der Waals surface area contributed by atoms with Gasteiger partial charge >= 0.3 is 0 Å². The van der Waals surface area contributed by atoms with Crippen molar-refractivity contribution < 1.29 is 28.2 Å². The standard InChI is InChI=1S/C32H46F2N4O4/c1-4-8-38(9-5-2)32(41)26-16-23(3)15-25(20-26)31(40)36-29(19-24-17-27(33)21-28(34)18-24)30(39)22-35-7-6-10-37-11-13-42-14-12-37/h15-18,20-21,29-30,35,39H,4-14,19,22H2,1-3H3,(H,36,40)/t29-,30+/m0/s1. The summed E-state index contributed by atoms with van der Waals surface area (Å²) in [6.07, 6.45) is 1.53. The van der Waals surface area contributed by atoms with Crippen molar-refractivity contribution in [3.8, 4) is 0 Å². The molecule has 1 aliphatic rings. The number of benzene rings is 2. The van der Waals surface area contributed by atoms with E-state index in [1.54, 1.807) is 23.1 Å². The van der Waals surface area contributed by atoms with Gasteiger partial charge in [0.2, 0.25) is 0 Å². The van der Waals surface area contributed by atoms with Gasteiger partial charge in [0.05, 0.1) is 25.4 Å². The van der Waals surface area contributed by atoms with E-state index < -0.39 is 29.7 Å². The SMILES string of the molecule is CCCN(CCC)C(=O)c1cc(C)cc(C(=O)N[C@@H](Cc2cc(F)cc(F)c2)[C@H](O)CNCCCN2CCOCC2)c1. The van der Waals surface area contributed by atoms with Gasteiger partial charge in [-0.05, 0) is 87.2 Å². The Bertz CT molecular complexity index is 1130. The van der Waals surface area contributed by atoms with E-state index in [2.05, 4.69) is 15.5 Å². The number of carbonyl (C=O) groups is 2. The number of hydrogen-bond acceptors (Lipinski definition) is 6. The van der Waals surface area contributed by atoms with E-state index in [0.717, 1.165) is 63.7 Å². The molecule has 232 valence electrons. The lowest BCUT2D eigenvalue weighted by atomic mass is 9.99. The van der Waals surface area contributed by atoms with E-state index in [1.165, 1.54) is 12.1 Å². The first-order valence-corrected chi connectivity index (χ1v) is 15.1. The molecule has 0 bridgehead atoms. The predicted molar refractivity (Wildman–Crippen MR) is 160 cm³/mol. The van der Waals surface area contributed by atoms with Gasteiger partial charge in [0, 0.05) is 49.9 Å². The van der Waals surface area contributed by atoms with Crippen molar-refractivity contribution in [3.63, 3.8) is 0 Å². The fourth-order valence-corrected chi connectivity index (χ4v) is 5.24. The zero-order valence-electron chi connectivity index (χ0n) is 25.1. The molecule has 3 N–H and O–H groups in total. The fourth-order valence-electron chi connectivity index (χ4n) is 5.24. The van der Waals surface area contributed by atoms with Crippen molar-refractivity contribution in [1.82, 2.24) is 20.4 Å². The molecule has 0 unspecified atom stereocenters. The second kappa shape index (κ2) is 17.3. The molecular weight excluding hydrogens is 542 g/mol. The number of nitrogens with zero attached hydrogens (tertiary/aromatic N) is 2. The first-order chi connectivity index (χ1) is 20.2. The van der Waals surface area contributed by atoms with E-state index in [9.17, 15) is 23.5 Å². The maximum absolute atomic E-state index is 13.9. The summed E-state index contributed by atoms with van der Waals surface area (Å²) in [4.78, 5) is 30.8. The molecule has 0 aliphatic carbocycles. The van der Waals surface area contributed by atoms with Gasteiger partial charge in [0.1, 0.15) is 11.6 Å². The topological polar surface area (TPSA) is 94.1 Å². The highest BCUT2D eigenvalue weighted by molar-refractivity contribution is 6.00. The van der Waals surface area contributed by atoms with Crippen LogP contribution < -0.4 is 10.6 Å². The minimum Gasteiger partial charge on any atom is -0.390 e. The number of amides is 2. The summed E-state index contributed by atoms with van der Waals surface area (Å²) in [5, 5.41) is 17.2. The minimum atomic E-state index is -1.03. The predicted octanol–water partition coefficient (Wildman–Crippen LogP) is 3.55. The Kier molecular flexibility index (Phi) is 13.8. The molecule has 1 heterocycles. The van der Waals surface area contributed by atoms with Crippen molar-refractivity contribution >= 4 is 11.8 Å². The second-order valence-electron chi connectivity index (χ2n) is 11.0. The van der Waals surface area contributed by atoms with Gasteiger partial charge in [-0.15, -0.1) is 0 Å². The summed E-state index contributed by atoms with van der Waals surface area (Å²) < 4.78 is 33.3. The van der Waals surface area contributed by atoms with Gasteiger partial charge < -0.3 is 25.4 Å². The molecule has 2 aromatic rings. The number of rotatable bonds is 16. The molecule has 10 heteroatoms. The molecule has 1 aliphatic heterocycles. The molecule has 42 heavy (non-hydrogen) atoms. The molecule has 1 saturated heterocycles. The highest BCUT2D eigenvalue weighted by Crippen LogP contribution is 2.16. The van der Waals surface area contributed by atoms with Gasteiger partial charge in [-0.25, -0.2) is 8.78 Å². The van der Waals surface area contributed by atoms with Crippen molar-refractivity contribution in [1.29, 1.82) is 0 Å². The third-order valence-electron chi connectivity index (χ3n) is 7.30. The number of hydrogen-bond donors (Lipinski definition) is 3. The molecule has 2 amide bonds. The quantitative estimate of drug-likeness (QED) is 0.260. The summed E-state index contributed by atoms with van der Waals surface area (Å²) in [5.41, 5.74) is 1.78. The highest BCUT2D eigenvalue weighted by atomic mass is 19.1. The number of ether oxygens (including phenoxy) is 1. The first-order valence-electron chi connectivity index (χ1n) is 15.1. The average Bonchev–Trinajstić information content (AvgIpc) is 2.95. The Hall–Kier alpha value is -2.92. The third kappa shape index (κ3) is 10.7. The number of morpholine rings is 1. The van der Waals surface area contributed by atoms with Crippen LogP contribution in [0.1, 0.15) is 65.0 Å². The Morgan fingerprint density at radius 2 is 1.64 bits per heavy atom. The maximum atomic E-state index is 13.9. The van der Waals surface area contributed by atoms with Crippen LogP contribution in [0.5, 0.6) is 0 Å². The van der Waals surface area contributed by atoms with Gasteiger partial charge in [0.15, 0.2) is 0 Å². The summed E-state index contributed by atoms with van der Waals surface area (Å²) in [6, 6.07) is 7.37. The molecule has 0 spiro atoms. The molecule has 1 fully saturated rings. The summed E-state index contributed by atoms with van der Waals surface area (Å²) in [5.74, 6) is -2.06. The number of aliphatic hydroxyl groups is 1. The fraction of sp³-hybridized carbons (Fsp3) is 0.562. The summed E-state index contributed by atoms with van der Waals surface area (Å²) in [7, 11) is 0. The second-order valence-corrected chi connectivity index (χ2v) is 11.0. The van der Waals surface area contributed by atoms with Crippen molar-refractivity contribution in [3.05, 3.63) is 70.3 Å². The maximum Gasteiger partial charge on any atom is 0.253 e. The summed E-state index contributed by atoms with van der Waals surface area (Å²) in [6.45, 7) is 12.1. The van der Waals surface area contributed by atoms with E-state index in [-0.39, 0.29) is 24.4 Å². The van der Waals surface area contributed by atoms with E-state index in [1.807, 2.05) is 20.8 Å². The van der Waals surface area contributed by atoms with E-state index in [0.29, 0.717) is 30.8 Å². The van der Waals surface area contributed by atoms with Gasteiger partial charge in [-0.2, -0.15) is 0 Å². The van der Waals surface area contributed by atoms with Gasteiger partial charge in [0.25, 0.3) is 11.8 Å². The van der Waals surface area contributed by atoms with Crippen LogP contribution in [0.3, 0.4) is 0 Å². The van der Waals surface area contributed by atoms with Crippen molar-refractivity contribution in [2.75, 3.05) is 59.0 Å². The Balaban J connectivity index is 1.71. The Morgan fingerprint density at radius 3 is 2.29 bits per heavy atom. The van der Waals surface area contributed by atoms with Crippen LogP contribution in [0.25, 0.3) is 0 Å². The number of nitrogens with one attached hydrogen (secondary N) is 2. The zero-order valence-corrected chi connectivity index (χ0v) is 25.1. The van der Waals surface area contributed by atoms with Crippen LogP contribution in [-0.2, 0) is 11.2 Å². The minimum absolute atomic E-state index is 0.0232. The highest BCUT2D eigenvalue weighted by Gasteiger charge is 2.24. The van der Waals surface area contributed by atoms with Crippen LogP contribution in [0, 0.1) is 18.6 Å². The van der Waals surface area contributed by atoms with Gasteiger partial charge in [-0.1, -0.05) is 13.8 Å². The largest absolute Gasteiger partial charge is 0.390 e. The van der Waals surface area contributed by atoms with E-state index in [4.69, 9.17) is 4.74 Å². The Labute approximate surface area is 248 Å². The Morgan fingerprint density at radius 1 is 1.00 bits per heavy atom.